The van der Waals surface area contributed by atoms with Crippen molar-refractivity contribution in [2.75, 3.05) is 0 Å². The van der Waals surface area contributed by atoms with E-state index in [4.69, 9.17) is 4.74 Å². The fraction of sp³-hybridized carbons (Fsp3) is 0.533. The zero-order valence-electron chi connectivity index (χ0n) is 11.7. The second kappa shape index (κ2) is 6.33. The summed E-state index contributed by atoms with van der Waals surface area (Å²) in [5.41, 5.74) is 0.569. The Bertz CT molecular complexity index is 463. The van der Waals surface area contributed by atoms with Crippen LogP contribution in [0, 0.1) is 5.82 Å². The lowest BCUT2D eigenvalue weighted by molar-refractivity contribution is -0.133. The number of hydrogen-bond donors (Lipinski definition) is 2. The number of ether oxygens (including phenoxy) is 1. The third-order valence-corrected chi connectivity index (χ3v) is 3.58. The number of hydrogen-bond acceptors (Lipinski definition) is 3. The van der Waals surface area contributed by atoms with Crippen LogP contribution < -0.4 is 5.32 Å². The number of aliphatic hydroxyl groups excluding tert-OH is 1. The van der Waals surface area contributed by atoms with Crippen LogP contribution in [-0.2, 0) is 9.53 Å². The smallest absolute Gasteiger partial charge is 0.249 e. The Hall–Kier alpha value is -1.46. The van der Waals surface area contributed by atoms with Gasteiger partial charge in [0.1, 0.15) is 11.9 Å². The summed E-state index contributed by atoms with van der Waals surface area (Å²) in [5, 5.41) is 12.9. The Kier molecular flexibility index (Phi) is 4.73. The van der Waals surface area contributed by atoms with Gasteiger partial charge >= 0.3 is 0 Å². The van der Waals surface area contributed by atoms with E-state index in [1.165, 1.54) is 24.3 Å². The van der Waals surface area contributed by atoms with Gasteiger partial charge in [-0.3, -0.25) is 4.79 Å². The summed E-state index contributed by atoms with van der Waals surface area (Å²) in [6, 6.07) is 5.13. The minimum atomic E-state index is -0.877. The second-order valence-electron chi connectivity index (χ2n) is 5.31. The molecule has 5 heteroatoms. The van der Waals surface area contributed by atoms with E-state index in [0.717, 1.165) is 6.42 Å². The maximum absolute atomic E-state index is 12.8. The highest BCUT2D eigenvalue weighted by Crippen LogP contribution is 2.21. The van der Waals surface area contributed by atoms with Crippen LogP contribution in [0.25, 0.3) is 0 Å². The molecule has 0 aromatic heterocycles. The standard InChI is InChI=1S/C15H20FNO3/c1-9-3-8-13(20-9)15(19)17-10(2)14(18)11-4-6-12(16)7-5-11/h4-7,9-10,13-14,18H,3,8H2,1-2H3,(H,17,19). The molecule has 2 N–H and O–H groups in total. The van der Waals surface area contributed by atoms with Gasteiger partial charge in [0.2, 0.25) is 5.91 Å². The van der Waals surface area contributed by atoms with Crippen molar-refractivity contribution in [3.63, 3.8) is 0 Å². The third kappa shape index (κ3) is 3.55. The summed E-state index contributed by atoms with van der Waals surface area (Å²) in [4.78, 5) is 12.0. The number of carbonyl (C=O) groups excluding carboxylic acids is 1. The van der Waals surface area contributed by atoms with Crippen molar-refractivity contribution in [3.05, 3.63) is 35.6 Å². The fourth-order valence-electron chi connectivity index (χ4n) is 2.34. The molecule has 2 rings (SSSR count). The van der Waals surface area contributed by atoms with E-state index >= 15 is 0 Å². The van der Waals surface area contributed by atoms with E-state index in [9.17, 15) is 14.3 Å². The Balaban J connectivity index is 1.92. The van der Waals surface area contributed by atoms with Crippen molar-refractivity contribution in [2.45, 2.75) is 51.0 Å². The summed E-state index contributed by atoms with van der Waals surface area (Å²) in [7, 11) is 0. The highest BCUT2D eigenvalue weighted by Gasteiger charge is 2.30. The zero-order chi connectivity index (χ0) is 14.7. The second-order valence-corrected chi connectivity index (χ2v) is 5.31. The maximum Gasteiger partial charge on any atom is 0.249 e. The van der Waals surface area contributed by atoms with E-state index in [0.29, 0.717) is 12.0 Å². The van der Waals surface area contributed by atoms with E-state index < -0.39 is 18.2 Å². The lowest BCUT2D eigenvalue weighted by Gasteiger charge is -2.22. The average molecular weight is 281 g/mol. The fourth-order valence-corrected chi connectivity index (χ4v) is 2.34. The van der Waals surface area contributed by atoms with Gasteiger partial charge in [-0.05, 0) is 44.4 Å². The zero-order valence-corrected chi connectivity index (χ0v) is 11.7. The van der Waals surface area contributed by atoms with Gasteiger partial charge in [0.05, 0.1) is 18.2 Å². The van der Waals surface area contributed by atoms with Gasteiger partial charge in [-0.25, -0.2) is 4.39 Å². The van der Waals surface area contributed by atoms with Gasteiger partial charge in [-0.15, -0.1) is 0 Å². The first-order valence-corrected chi connectivity index (χ1v) is 6.86. The maximum atomic E-state index is 12.8. The first-order valence-electron chi connectivity index (χ1n) is 6.86. The van der Waals surface area contributed by atoms with Crippen molar-refractivity contribution in [1.82, 2.24) is 5.32 Å². The van der Waals surface area contributed by atoms with Crippen LogP contribution in [0.2, 0.25) is 0 Å². The first kappa shape index (κ1) is 14.9. The summed E-state index contributed by atoms with van der Waals surface area (Å²) < 4.78 is 18.3. The summed E-state index contributed by atoms with van der Waals surface area (Å²) in [6.45, 7) is 3.65. The molecule has 0 aliphatic carbocycles. The minimum Gasteiger partial charge on any atom is -0.386 e. The van der Waals surface area contributed by atoms with Crippen molar-refractivity contribution in [2.24, 2.45) is 0 Å². The summed E-state index contributed by atoms with van der Waals surface area (Å²) >= 11 is 0. The topological polar surface area (TPSA) is 58.6 Å². The third-order valence-electron chi connectivity index (χ3n) is 3.58. The summed E-state index contributed by atoms with van der Waals surface area (Å²) in [6.07, 6.45) is 0.355. The first-order chi connectivity index (χ1) is 9.47. The van der Waals surface area contributed by atoms with Crippen LogP contribution in [0.5, 0.6) is 0 Å². The van der Waals surface area contributed by atoms with Crippen LogP contribution in [0.1, 0.15) is 38.4 Å². The van der Waals surface area contributed by atoms with Crippen molar-refractivity contribution in [3.8, 4) is 0 Å². The molecule has 4 unspecified atom stereocenters. The largest absolute Gasteiger partial charge is 0.386 e. The van der Waals surface area contributed by atoms with Gasteiger partial charge in [0.15, 0.2) is 0 Å². The number of halogens is 1. The highest BCUT2D eigenvalue weighted by atomic mass is 19.1. The minimum absolute atomic E-state index is 0.100. The van der Waals surface area contributed by atoms with E-state index in [1.54, 1.807) is 6.92 Å². The number of carbonyl (C=O) groups is 1. The van der Waals surface area contributed by atoms with Gasteiger partial charge < -0.3 is 15.2 Å². The number of benzene rings is 1. The van der Waals surface area contributed by atoms with Crippen LogP contribution in [0.15, 0.2) is 24.3 Å². The molecule has 1 aliphatic rings. The molecule has 1 amide bonds. The van der Waals surface area contributed by atoms with Gasteiger partial charge in [0.25, 0.3) is 0 Å². The van der Waals surface area contributed by atoms with Crippen molar-refractivity contribution >= 4 is 5.91 Å². The lowest BCUT2D eigenvalue weighted by Crippen LogP contribution is -2.42. The molecule has 1 aromatic rings. The van der Waals surface area contributed by atoms with Crippen LogP contribution in [-0.4, -0.2) is 29.3 Å². The molecule has 0 radical (unpaired) electrons. The SMILES string of the molecule is CC1CCC(C(=O)NC(C)C(O)c2ccc(F)cc2)O1. The van der Waals surface area contributed by atoms with Crippen molar-refractivity contribution < 1.29 is 19.0 Å². The van der Waals surface area contributed by atoms with Crippen molar-refractivity contribution in [1.29, 1.82) is 0 Å². The molecule has 1 fully saturated rings. The molecule has 0 spiro atoms. The van der Waals surface area contributed by atoms with Crippen LogP contribution >= 0.6 is 0 Å². The molecule has 1 saturated heterocycles. The average Bonchev–Trinajstić information content (AvgIpc) is 2.85. The molecule has 1 aliphatic heterocycles. The lowest BCUT2D eigenvalue weighted by atomic mass is 10.0. The van der Waals surface area contributed by atoms with E-state index in [1.807, 2.05) is 6.92 Å². The number of aliphatic hydroxyl groups is 1. The predicted molar refractivity (Wildman–Crippen MR) is 72.5 cm³/mol. The molecular weight excluding hydrogens is 261 g/mol. The molecule has 0 saturated carbocycles. The van der Waals surface area contributed by atoms with E-state index in [2.05, 4.69) is 5.32 Å². The summed E-state index contributed by atoms with van der Waals surface area (Å²) in [5.74, 6) is -0.561. The normalized spacial score (nSPS) is 25.2. The molecule has 4 nitrogen and oxygen atoms in total. The predicted octanol–water partition coefficient (Wildman–Crippen LogP) is 1.93. The van der Waals surface area contributed by atoms with Crippen LogP contribution in [0.4, 0.5) is 4.39 Å². The monoisotopic (exact) mass is 281 g/mol. The Morgan fingerprint density at radius 1 is 1.40 bits per heavy atom. The Labute approximate surface area is 117 Å². The molecule has 1 aromatic carbocycles. The molecular formula is C15H20FNO3. The number of amides is 1. The Morgan fingerprint density at radius 3 is 2.60 bits per heavy atom. The van der Waals surface area contributed by atoms with Crippen LogP contribution in [0.3, 0.4) is 0 Å². The molecule has 20 heavy (non-hydrogen) atoms. The van der Waals surface area contributed by atoms with Gasteiger partial charge in [-0.2, -0.15) is 0 Å². The highest BCUT2D eigenvalue weighted by molar-refractivity contribution is 5.81. The number of rotatable bonds is 4. The quantitative estimate of drug-likeness (QED) is 0.886. The van der Waals surface area contributed by atoms with Gasteiger partial charge in [0, 0.05) is 0 Å². The molecule has 1 heterocycles. The van der Waals surface area contributed by atoms with Gasteiger partial charge in [-0.1, -0.05) is 12.1 Å². The molecule has 4 atom stereocenters. The molecule has 0 bridgehead atoms. The molecule has 110 valence electrons. The van der Waals surface area contributed by atoms with E-state index in [-0.39, 0.29) is 17.8 Å². The number of nitrogens with one attached hydrogen (secondary N) is 1. The Morgan fingerprint density at radius 2 is 2.05 bits per heavy atom.